The second-order valence-electron chi connectivity index (χ2n) is 7.44. The Morgan fingerprint density at radius 1 is 1.16 bits per heavy atom. The van der Waals surface area contributed by atoms with Gasteiger partial charge < -0.3 is 20.1 Å². The van der Waals surface area contributed by atoms with Gasteiger partial charge in [0.2, 0.25) is 0 Å². The van der Waals surface area contributed by atoms with Crippen LogP contribution in [-0.2, 0) is 4.74 Å². The van der Waals surface area contributed by atoms with Crippen LogP contribution in [-0.4, -0.2) is 70.4 Å². The molecule has 2 N–H and O–H groups in total. The van der Waals surface area contributed by atoms with Gasteiger partial charge in [0.25, 0.3) is 5.91 Å². The molecule has 9 heteroatoms. The number of halogens is 1. The molecule has 2 aromatic carbocycles. The molecule has 1 saturated heterocycles. The van der Waals surface area contributed by atoms with Crippen LogP contribution in [0.1, 0.15) is 16.8 Å². The van der Waals surface area contributed by atoms with Crippen molar-refractivity contribution in [3.05, 3.63) is 53.1 Å². The van der Waals surface area contributed by atoms with Gasteiger partial charge in [-0.15, -0.1) is 0 Å². The Kier molecular flexibility index (Phi) is 8.72. The average molecular weight is 461 g/mol. The first-order chi connectivity index (χ1) is 15.5. The lowest BCUT2D eigenvalue weighted by Gasteiger charge is -2.26. The molecule has 1 heterocycles. The van der Waals surface area contributed by atoms with Crippen LogP contribution >= 0.6 is 11.6 Å². The SMILES string of the molecule is COc1cc(N(C)C(=O)Nc2ccc(Cl)cc2)ccc1C(=O)NCCCN1CCOCC1. The van der Waals surface area contributed by atoms with Crippen molar-refractivity contribution in [2.24, 2.45) is 0 Å². The largest absolute Gasteiger partial charge is 0.496 e. The number of methoxy groups -OCH3 is 1. The van der Waals surface area contributed by atoms with Crippen LogP contribution in [0.25, 0.3) is 0 Å². The smallest absolute Gasteiger partial charge is 0.326 e. The number of rotatable bonds is 8. The van der Waals surface area contributed by atoms with Crippen molar-refractivity contribution in [2.45, 2.75) is 6.42 Å². The minimum atomic E-state index is -0.324. The van der Waals surface area contributed by atoms with Crippen molar-refractivity contribution in [3.63, 3.8) is 0 Å². The van der Waals surface area contributed by atoms with E-state index in [9.17, 15) is 9.59 Å². The van der Waals surface area contributed by atoms with Crippen molar-refractivity contribution in [1.29, 1.82) is 0 Å². The Morgan fingerprint density at radius 2 is 1.88 bits per heavy atom. The number of nitrogens with zero attached hydrogens (tertiary/aromatic N) is 2. The molecule has 0 aliphatic carbocycles. The Balaban J connectivity index is 1.55. The highest BCUT2D eigenvalue weighted by atomic mass is 35.5. The molecule has 8 nitrogen and oxygen atoms in total. The maximum Gasteiger partial charge on any atom is 0.326 e. The highest BCUT2D eigenvalue weighted by molar-refractivity contribution is 6.30. The predicted octanol–water partition coefficient (Wildman–Crippen LogP) is 3.47. The van der Waals surface area contributed by atoms with Gasteiger partial charge in [0.1, 0.15) is 5.75 Å². The summed E-state index contributed by atoms with van der Waals surface area (Å²) in [6, 6.07) is 11.6. The fraction of sp³-hybridized carbons (Fsp3) is 0.391. The van der Waals surface area contributed by atoms with Gasteiger partial charge in [0.15, 0.2) is 0 Å². The molecule has 1 aliphatic rings. The quantitative estimate of drug-likeness (QED) is 0.589. The summed E-state index contributed by atoms with van der Waals surface area (Å²) in [7, 11) is 3.15. The number of carbonyl (C=O) groups excluding carboxylic acids is 2. The van der Waals surface area contributed by atoms with Gasteiger partial charge in [0, 0.05) is 49.1 Å². The number of carbonyl (C=O) groups is 2. The van der Waals surface area contributed by atoms with E-state index in [2.05, 4.69) is 15.5 Å². The summed E-state index contributed by atoms with van der Waals surface area (Å²) < 4.78 is 10.8. The van der Waals surface area contributed by atoms with E-state index in [0.717, 1.165) is 39.3 Å². The molecule has 0 saturated carbocycles. The highest BCUT2D eigenvalue weighted by Crippen LogP contribution is 2.26. The van der Waals surface area contributed by atoms with Crippen LogP contribution < -0.4 is 20.3 Å². The first-order valence-electron chi connectivity index (χ1n) is 10.5. The zero-order valence-electron chi connectivity index (χ0n) is 18.4. The second-order valence-corrected chi connectivity index (χ2v) is 7.88. The molecule has 3 amide bonds. The number of ether oxygens (including phenoxy) is 2. The molecule has 32 heavy (non-hydrogen) atoms. The van der Waals surface area contributed by atoms with Crippen LogP contribution in [0.4, 0.5) is 16.2 Å². The molecule has 1 fully saturated rings. The lowest BCUT2D eigenvalue weighted by Crippen LogP contribution is -2.38. The molecule has 0 aromatic heterocycles. The van der Waals surface area contributed by atoms with Gasteiger partial charge in [-0.1, -0.05) is 11.6 Å². The van der Waals surface area contributed by atoms with Crippen LogP contribution in [0.5, 0.6) is 5.75 Å². The molecule has 172 valence electrons. The van der Waals surface area contributed by atoms with Crippen LogP contribution in [0.2, 0.25) is 5.02 Å². The highest BCUT2D eigenvalue weighted by Gasteiger charge is 2.17. The third-order valence-electron chi connectivity index (χ3n) is 5.26. The Labute approximate surface area is 193 Å². The molecule has 0 radical (unpaired) electrons. The molecule has 0 atom stereocenters. The molecule has 3 rings (SSSR count). The predicted molar refractivity (Wildman–Crippen MR) is 126 cm³/mol. The molecule has 1 aliphatic heterocycles. The number of nitrogens with one attached hydrogen (secondary N) is 2. The number of morpholine rings is 1. The lowest BCUT2D eigenvalue weighted by atomic mass is 10.1. The number of hydrogen-bond acceptors (Lipinski definition) is 5. The number of amides is 3. The summed E-state index contributed by atoms with van der Waals surface area (Å²) >= 11 is 5.88. The summed E-state index contributed by atoms with van der Waals surface area (Å²) in [5, 5.41) is 6.33. The minimum Gasteiger partial charge on any atom is -0.496 e. The van der Waals surface area contributed by atoms with Gasteiger partial charge >= 0.3 is 6.03 Å². The number of hydrogen-bond donors (Lipinski definition) is 2. The maximum atomic E-state index is 12.6. The standard InChI is InChI=1S/C23H29ClN4O4/c1-27(23(30)26-18-6-4-17(24)5-7-18)19-8-9-20(21(16-19)31-2)22(29)25-10-3-11-28-12-14-32-15-13-28/h4-9,16H,3,10-15H2,1-2H3,(H,25,29)(H,26,30). The van der Waals surface area contributed by atoms with Crippen molar-refractivity contribution in [2.75, 3.05) is 63.8 Å². The summed E-state index contributed by atoms with van der Waals surface area (Å²) in [5.74, 6) is 0.197. The van der Waals surface area contributed by atoms with E-state index in [1.165, 1.54) is 12.0 Å². The Morgan fingerprint density at radius 3 is 2.56 bits per heavy atom. The van der Waals surface area contributed by atoms with Crippen molar-refractivity contribution in [1.82, 2.24) is 10.2 Å². The van der Waals surface area contributed by atoms with Gasteiger partial charge in [-0.05, 0) is 49.4 Å². The molecule has 0 spiro atoms. The van der Waals surface area contributed by atoms with Crippen molar-refractivity contribution >= 4 is 34.9 Å². The lowest BCUT2D eigenvalue weighted by molar-refractivity contribution is 0.0374. The zero-order chi connectivity index (χ0) is 22.9. The van der Waals surface area contributed by atoms with Gasteiger partial charge in [-0.3, -0.25) is 14.6 Å². The third-order valence-corrected chi connectivity index (χ3v) is 5.51. The van der Waals surface area contributed by atoms with Crippen molar-refractivity contribution < 1.29 is 19.1 Å². The fourth-order valence-electron chi connectivity index (χ4n) is 3.36. The number of anilines is 2. The number of urea groups is 1. The maximum absolute atomic E-state index is 12.6. The van der Waals surface area contributed by atoms with E-state index < -0.39 is 0 Å². The summed E-state index contributed by atoms with van der Waals surface area (Å²) in [4.78, 5) is 29.0. The Bertz CT molecular complexity index is 917. The van der Waals surface area contributed by atoms with E-state index in [1.807, 2.05) is 0 Å². The van der Waals surface area contributed by atoms with Gasteiger partial charge in [0.05, 0.1) is 25.9 Å². The molecule has 0 unspecified atom stereocenters. The van der Waals surface area contributed by atoms with Crippen LogP contribution in [0.3, 0.4) is 0 Å². The van der Waals surface area contributed by atoms with E-state index >= 15 is 0 Å². The molecular weight excluding hydrogens is 432 g/mol. The number of benzene rings is 2. The summed E-state index contributed by atoms with van der Waals surface area (Å²) in [5.41, 5.74) is 1.65. The topological polar surface area (TPSA) is 83.1 Å². The molecule has 0 bridgehead atoms. The first kappa shape index (κ1) is 23.8. The van der Waals surface area contributed by atoms with E-state index in [4.69, 9.17) is 21.1 Å². The van der Waals surface area contributed by atoms with Crippen LogP contribution in [0, 0.1) is 0 Å². The first-order valence-corrected chi connectivity index (χ1v) is 10.9. The zero-order valence-corrected chi connectivity index (χ0v) is 19.2. The summed E-state index contributed by atoms with van der Waals surface area (Å²) in [6.45, 7) is 4.90. The summed E-state index contributed by atoms with van der Waals surface area (Å²) in [6.07, 6.45) is 0.861. The van der Waals surface area contributed by atoms with E-state index in [1.54, 1.807) is 49.5 Å². The van der Waals surface area contributed by atoms with Gasteiger partial charge in [-0.2, -0.15) is 0 Å². The second kappa shape index (κ2) is 11.7. The monoisotopic (exact) mass is 460 g/mol. The fourth-order valence-corrected chi connectivity index (χ4v) is 3.48. The van der Waals surface area contributed by atoms with E-state index in [-0.39, 0.29) is 11.9 Å². The van der Waals surface area contributed by atoms with Gasteiger partial charge in [-0.25, -0.2) is 4.79 Å². The normalized spacial score (nSPS) is 14.0. The van der Waals surface area contributed by atoms with Crippen LogP contribution in [0.15, 0.2) is 42.5 Å². The third kappa shape index (κ3) is 6.59. The Hall–Kier alpha value is -2.81. The average Bonchev–Trinajstić information content (AvgIpc) is 2.82. The minimum absolute atomic E-state index is 0.205. The van der Waals surface area contributed by atoms with Crippen molar-refractivity contribution in [3.8, 4) is 5.75 Å². The molecule has 2 aromatic rings. The van der Waals surface area contributed by atoms with E-state index in [0.29, 0.717) is 34.3 Å². The molecular formula is C23H29ClN4O4.